The minimum Gasteiger partial charge on any atom is -0.494 e. The van der Waals surface area contributed by atoms with Gasteiger partial charge in [0.1, 0.15) is 5.75 Å². The van der Waals surface area contributed by atoms with Crippen LogP contribution in [0.25, 0.3) is 3.58 Å². The van der Waals surface area contributed by atoms with Gasteiger partial charge in [0.2, 0.25) is 0 Å². The van der Waals surface area contributed by atoms with Crippen LogP contribution >= 0.6 is 22.6 Å². The summed E-state index contributed by atoms with van der Waals surface area (Å²) in [5, 5.41) is 8.48. The quantitative estimate of drug-likeness (QED) is 0.633. The van der Waals surface area contributed by atoms with Gasteiger partial charge in [-0.3, -0.25) is 0 Å². The molecule has 2 nitrogen and oxygen atoms in total. The van der Waals surface area contributed by atoms with E-state index in [1.54, 1.807) is 0 Å². The van der Waals surface area contributed by atoms with Crippen LogP contribution in [-0.2, 0) is 0 Å². The largest absolute Gasteiger partial charge is 0.494 e. The molecular formula is C11H10INO. The summed E-state index contributed by atoms with van der Waals surface area (Å²) in [6, 6.07) is 9.71. The molecule has 1 aromatic carbocycles. The molecule has 0 saturated heterocycles. The van der Waals surface area contributed by atoms with E-state index in [9.17, 15) is 0 Å². The van der Waals surface area contributed by atoms with Crippen molar-refractivity contribution in [3.8, 4) is 11.8 Å². The Kier molecular flexibility index (Phi) is 4.47. The van der Waals surface area contributed by atoms with E-state index in [1.165, 1.54) is 6.08 Å². The van der Waals surface area contributed by atoms with E-state index in [1.807, 2.05) is 37.3 Å². The molecule has 0 aliphatic heterocycles. The summed E-state index contributed by atoms with van der Waals surface area (Å²) in [7, 11) is 0. The monoisotopic (exact) mass is 299 g/mol. The first-order valence-electron chi connectivity index (χ1n) is 4.26. The summed E-state index contributed by atoms with van der Waals surface area (Å²) >= 11 is 2.14. The lowest BCUT2D eigenvalue weighted by Gasteiger charge is -2.03. The zero-order chi connectivity index (χ0) is 10.4. The molecule has 0 aromatic heterocycles. The second-order valence-corrected chi connectivity index (χ2v) is 3.74. The highest BCUT2D eigenvalue weighted by Crippen LogP contribution is 2.23. The second-order valence-electron chi connectivity index (χ2n) is 2.58. The van der Waals surface area contributed by atoms with Crippen LogP contribution in [0.2, 0.25) is 0 Å². The molecule has 0 amide bonds. The van der Waals surface area contributed by atoms with Gasteiger partial charge in [-0.2, -0.15) is 5.26 Å². The normalized spacial score (nSPS) is 10.8. The van der Waals surface area contributed by atoms with Gasteiger partial charge in [0.05, 0.1) is 12.7 Å². The van der Waals surface area contributed by atoms with Crippen molar-refractivity contribution in [2.24, 2.45) is 0 Å². The number of halogens is 1. The van der Waals surface area contributed by atoms with Gasteiger partial charge in [0.25, 0.3) is 0 Å². The number of benzene rings is 1. The molecule has 1 rings (SSSR count). The third-order valence-corrected chi connectivity index (χ3v) is 2.57. The number of nitriles is 1. The standard InChI is InChI=1S/C11H10INO/c1-2-14-10-5-3-9(4-6-10)11(12)7-8-13/h3-7H,2H2,1H3/b11-7-. The average Bonchev–Trinajstić information content (AvgIpc) is 2.20. The Balaban J connectivity index is 2.84. The molecule has 0 aliphatic rings. The Morgan fingerprint density at radius 2 is 2.14 bits per heavy atom. The molecule has 0 heterocycles. The molecular weight excluding hydrogens is 289 g/mol. The van der Waals surface area contributed by atoms with Crippen molar-refractivity contribution in [2.75, 3.05) is 6.61 Å². The summed E-state index contributed by atoms with van der Waals surface area (Å²) in [5.41, 5.74) is 1.04. The number of ether oxygens (including phenoxy) is 1. The Morgan fingerprint density at radius 3 is 2.64 bits per heavy atom. The fourth-order valence-corrected chi connectivity index (χ4v) is 1.52. The minimum absolute atomic E-state index is 0.671. The summed E-state index contributed by atoms with van der Waals surface area (Å²) in [6.45, 7) is 2.62. The second kappa shape index (κ2) is 5.66. The van der Waals surface area contributed by atoms with Gasteiger partial charge in [0.15, 0.2) is 0 Å². The van der Waals surface area contributed by atoms with Crippen molar-refractivity contribution in [3.63, 3.8) is 0 Å². The Bertz CT molecular complexity index is 362. The highest BCUT2D eigenvalue weighted by molar-refractivity contribution is 14.1. The van der Waals surface area contributed by atoms with Gasteiger partial charge in [0, 0.05) is 9.66 Å². The number of allylic oxidation sites excluding steroid dienone is 1. The van der Waals surface area contributed by atoms with Crippen LogP contribution in [0.4, 0.5) is 0 Å². The number of hydrogen-bond acceptors (Lipinski definition) is 2. The third-order valence-electron chi connectivity index (χ3n) is 1.63. The topological polar surface area (TPSA) is 33.0 Å². The summed E-state index contributed by atoms with van der Waals surface area (Å²) in [4.78, 5) is 0. The maximum atomic E-state index is 8.48. The Labute approximate surface area is 97.3 Å². The van der Waals surface area contributed by atoms with E-state index in [-0.39, 0.29) is 0 Å². The molecule has 0 atom stereocenters. The molecule has 1 aromatic rings. The smallest absolute Gasteiger partial charge is 0.119 e. The maximum Gasteiger partial charge on any atom is 0.119 e. The highest BCUT2D eigenvalue weighted by Gasteiger charge is 1.97. The molecule has 0 bridgehead atoms. The third kappa shape index (κ3) is 3.04. The van der Waals surface area contributed by atoms with Gasteiger partial charge in [-0.1, -0.05) is 12.1 Å². The van der Waals surface area contributed by atoms with Gasteiger partial charge >= 0.3 is 0 Å². The van der Waals surface area contributed by atoms with E-state index < -0.39 is 0 Å². The first-order valence-corrected chi connectivity index (χ1v) is 5.34. The summed E-state index contributed by atoms with van der Waals surface area (Å²) in [6.07, 6.45) is 1.52. The predicted molar refractivity (Wildman–Crippen MR) is 65.2 cm³/mol. The van der Waals surface area contributed by atoms with Crippen molar-refractivity contribution in [2.45, 2.75) is 6.92 Å². The molecule has 0 fully saturated rings. The van der Waals surface area contributed by atoms with Crippen molar-refractivity contribution < 1.29 is 4.74 Å². The van der Waals surface area contributed by atoms with Crippen molar-refractivity contribution in [3.05, 3.63) is 35.9 Å². The average molecular weight is 299 g/mol. The molecule has 3 heteroatoms. The van der Waals surface area contributed by atoms with Crippen molar-refractivity contribution in [1.82, 2.24) is 0 Å². The number of nitrogens with zero attached hydrogens (tertiary/aromatic N) is 1. The lowest BCUT2D eigenvalue weighted by molar-refractivity contribution is 0.340. The maximum absolute atomic E-state index is 8.48. The fourth-order valence-electron chi connectivity index (χ4n) is 1.02. The van der Waals surface area contributed by atoms with Crippen molar-refractivity contribution >= 4 is 26.2 Å². The number of rotatable bonds is 3. The molecule has 14 heavy (non-hydrogen) atoms. The first kappa shape index (κ1) is 11.1. The predicted octanol–water partition coefficient (Wildman–Crippen LogP) is 3.38. The van der Waals surface area contributed by atoms with Crippen LogP contribution in [0.15, 0.2) is 30.3 Å². The zero-order valence-electron chi connectivity index (χ0n) is 7.83. The van der Waals surface area contributed by atoms with Gasteiger partial charge in [-0.25, -0.2) is 0 Å². The Morgan fingerprint density at radius 1 is 1.50 bits per heavy atom. The van der Waals surface area contributed by atoms with E-state index in [0.717, 1.165) is 14.9 Å². The molecule has 0 aliphatic carbocycles. The molecule has 0 saturated carbocycles. The molecule has 0 N–H and O–H groups in total. The van der Waals surface area contributed by atoms with Gasteiger partial charge < -0.3 is 4.74 Å². The molecule has 0 radical (unpaired) electrons. The Hall–Kier alpha value is -1.02. The van der Waals surface area contributed by atoms with Gasteiger partial charge in [-0.05, 0) is 47.2 Å². The van der Waals surface area contributed by atoms with Crippen LogP contribution in [0.1, 0.15) is 12.5 Å². The molecule has 0 spiro atoms. The van der Waals surface area contributed by atoms with E-state index in [4.69, 9.17) is 10.00 Å². The van der Waals surface area contributed by atoms with Crippen molar-refractivity contribution in [1.29, 1.82) is 5.26 Å². The van der Waals surface area contributed by atoms with Crippen LogP contribution in [0, 0.1) is 11.3 Å². The van der Waals surface area contributed by atoms with Crippen LogP contribution < -0.4 is 4.74 Å². The van der Waals surface area contributed by atoms with E-state index in [2.05, 4.69) is 22.6 Å². The summed E-state index contributed by atoms with van der Waals surface area (Å²) < 4.78 is 6.25. The van der Waals surface area contributed by atoms with Crippen LogP contribution in [0.3, 0.4) is 0 Å². The first-order chi connectivity index (χ1) is 6.77. The molecule has 72 valence electrons. The molecule has 0 unspecified atom stereocenters. The number of hydrogen-bond donors (Lipinski definition) is 0. The highest BCUT2D eigenvalue weighted by atomic mass is 127. The fraction of sp³-hybridized carbons (Fsp3) is 0.182. The minimum atomic E-state index is 0.671. The lowest BCUT2D eigenvalue weighted by atomic mass is 10.2. The van der Waals surface area contributed by atoms with Crippen LogP contribution in [-0.4, -0.2) is 6.61 Å². The summed E-state index contributed by atoms with van der Waals surface area (Å²) in [5.74, 6) is 0.859. The van der Waals surface area contributed by atoms with E-state index in [0.29, 0.717) is 6.61 Å². The van der Waals surface area contributed by atoms with E-state index >= 15 is 0 Å². The SMILES string of the molecule is CCOc1ccc(/C(I)=C/C#N)cc1. The lowest BCUT2D eigenvalue weighted by Crippen LogP contribution is -1.90. The van der Waals surface area contributed by atoms with Crippen LogP contribution in [0.5, 0.6) is 5.75 Å². The zero-order valence-corrected chi connectivity index (χ0v) is 9.98. The van der Waals surface area contributed by atoms with Gasteiger partial charge in [-0.15, -0.1) is 0 Å².